The molecule has 2 unspecified atom stereocenters. The summed E-state index contributed by atoms with van der Waals surface area (Å²) < 4.78 is 21.0. The highest BCUT2D eigenvalue weighted by Crippen LogP contribution is 2.34. The number of unbranched alkanes of at least 4 members (excludes halogenated alkanes) is 1. The van der Waals surface area contributed by atoms with Crippen LogP contribution in [0.15, 0.2) is 35.7 Å². The maximum Gasteiger partial charge on any atom is 0.409 e. The summed E-state index contributed by atoms with van der Waals surface area (Å²) in [6.07, 6.45) is 1.88. The van der Waals surface area contributed by atoms with E-state index in [4.69, 9.17) is 18.9 Å². The van der Waals surface area contributed by atoms with Gasteiger partial charge in [-0.2, -0.15) is 0 Å². The van der Waals surface area contributed by atoms with Crippen molar-refractivity contribution in [1.82, 2.24) is 15.5 Å². The van der Waals surface area contributed by atoms with E-state index in [0.717, 1.165) is 17.7 Å². The first-order valence-electron chi connectivity index (χ1n) is 11.8. The lowest BCUT2D eigenvalue weighted by atomic mass is 10.0. The second-order valence-corrected chi connectivity index (χ2v) is 9.45. The first-order valence-corrected chi connectivity index (χ1v) is 12.7. The molecule has 11 heteroatoms. The average molecular weight is 520 g/mol. The van der Waals surface area contributed by atoms with Gasteiger partial charge in [-0.15, -0.1) is 11.3 Å². The Morgan fingerprint density at radius 2 is 1.97 bits per heavy atom. The summed E-state index contributed by atoms with van der Waals surface area (Å²) in [5, 5.41) is 7.68. The zero-order valence-corrected chi connectivity index (χ0v) is 21.6. The molecule has 10 nitrogen and oxygen atoms in total. The van der Waals surface area contributed by atoms with Crippen LogP contribution in [0.2, 0.25) is 0 Å². The number of nitrogens with zero attached hydrogens (tertiary/aromatic N) is 1. The van der Waals surface area contributed by atoms with Gasteiger partial charge in [-0.05, 0) is 35.6 Å². The number of carbonyl (C=O) groups is 3. The van der Waals surface area contributed by atoms with Crippen LogP contribution >= 0.6 is 11.3 Å². The summed E-state index contributed by atoms with van der Waals surface area (Å²) in [5.74, 6) is 0.678. The minimum absolute atomic E-state index is 0.0345. The number of nitrogens with one attached hydrogen (secondary N) is 2. The first-order chi connectivity index (χ1) is 17.4. The molecule has 0 aliphatic carbocycles. The SMILES string of the molecule is CCCCC(COC(=O)N(C)Cc1cccs1)NC(=O)NC(CC(=O)OC)c1ccc2c(c1)OCO2. The zero-order chi connectivity index (χ0) is 25.9. The zero-order valence-electron chi connectivity index (χ0n) is 20.8. The van der Waals surface area contributed by atoms with Gasteiger partial charge in [-0.25, -0.2) is 9.59 Å². The third-order valence-corrected chi connectivity index (χ3v) is 6.50. The molecule has 0 spiro atoms. The van der Waals surface area contributed by atoms with Crippen molar-refractivity contribution in [2.45, 2.75) is 51.2 Å². The van der Waals surface area contributed by atoms with Crippen LogP contribution in [0.5, 0.6) is 11.5 Å². The maximum atomic E-state index is 12.9. The molecule has 0 bridgehead atoms. The molecule has 1 aromatic carbocycles. The molecule has 3 amide bonds. The van der Waals surface area contributed by atoms with Crippen LogP contribution in [0.25, 0.3) is 0 Å². The normalized spacial score (nSPS) is 13.4. The topological polar surface area (TPSA) is 115 Å². The molecule has 196 valence electrons. The molecule has 2 N–H and O–H groups in total. The second kappa shape index (κ2) is 13.6. The Morgan fingerprint density at radius 3 is 2.69 bits per heavy atom. The van der Waals surface area contributed by atoms with Gasteiger partial charge in [0.1, 0.15) is 6.61 Å². The predicted octanol–water partition coefficient (Wildman–Crippen LogP) is 4.21. The molecule has 0 saturated heterocycles. The fourth-order valence-corrected chi connectivity index (χ4v) is 4.41. The van der Waals surface area contributed by atoms with E-state index in [1.807, 2.05) is 24.4 Å². The lowest BCUT2D eigenvalue weighted by molar-refractivity contribution is -0.141. The first kappa shape index (κ1) is 27.1. The molecule has 0 fully saturated rings. The standard InChI is InChI=1S/C25H33N3O7S/c1-4-5-7-18(15-33-25(31)28(2)14-19-8-6-11-36-19)26-24(30)27-20(13-23(29)32-3)17-9-10-21-22(12-17)35-16-34-21/h6,8-12,18,20H,4-5,7,13-16H2,1-3H3,(H2,26,27,30). The van der Waals surface area contributed by atoms with E-state index in [1.54, 1.807) is 36.6 Å². The number of benzene rings is 1. The van der Waals surface area contributed by atoms with E-state index < -0.39 is 24.1 Å². The molecule has 2 aromatic rings. The van der Waals surface area contributed by atoms with Gasteiger partial charge in [-0.1, -0.05) is 31.9 Å². The fourth-order valence-electron chi connectivity index (χ4n) is 3.65. The van der Waals surface area contributed by atoms with E-state index in [1.165, 1.54) is 12.0 Å². The molecule has 0 saturated carbocycles. The second-order valence-electron chi connectivity index (χ2n) is 8.41. The van der Waals surface area contributed by atoms with E-state index in [-0.39, 0.29) is 25.9 Å². The van der Waals surface area contributed by atoms with Crippen LogP contribution in [0.4, 0.5) is 9.59 Å². The van der Waals surface area contributed by atoms with Crippen LogP contribution in [-0.4, -0.2) is 56.6 Å². The molecule has 36 heavy (non-hydrogen) atoms. The highest BCUT2D eigenvalue weighted by atomic mass is 32.1. The quantitative estimate of drug-likeness (QED) is 0.404. The molecule has 1 aliphatic heterocycles. The molecule has 0 radical (unpaired) electrons. The number of ether oxygens (including phenoxy) is 4. The highest BCUT2D eigenvalue weighted by molar-refractivity contribution is 7.09. The van der Waals surface area contributed by atoms with Crippen molar-refractivity contribution < 1.29 is 33.3 Å². The Bertz CT molecular complexity index is 1020. The fraction of sp³-hybridized carbons (Fsp3) is 0.480. The molecule has 2 heterocycles. The number of esters is 1. The number of fused-ring (bicyclic) bond motifs is 1. The summed E-state index contributed by atoms with van der Waals surface area (Å²) in [7, 11) is 2.97. The van der Waals surface area contributed by atoms with E-state index in [9.17, 15) is 14.4 Å². The van der Waals surface area contributed by atoms with Gasteiger partial charge in [0.05, 0.1) is 32.2 Å². The Labute approximate surface area is 214 Å². The lowest BCUT2D eigenvalue weighted by Crippen LogP contribution is -2.46. The molecule has 2 atom stereocenters. The molecule has 1 aromatic heterocycles. The summed E-state index contributed by atoms with van der Waals surface area (Å²) in [5.41, 5.74) is 0.673. The van der Waals surface area contributed by atoms with Gasteiger partial charge in [-0.3, -0.25) is 4.79 Å². The number of methoxy groups -OCH3 is 1. The van der Waals surface area contributed by atoms with Crippen LogP contribution in [-0.2, 0) is 20.8 Å². The van der Waals surface area contributed by atoms with Crippen molar-refractivity contribution in [3.05, 3.63) is 46.2 Å². The maximum absolute atomic E-state index is 12.9. The van der Waals surface area contributed by atoms with Crippen molar-refractivity contribution >= 4 is 29.4 Å². The van der Waals surface area contributed by atoms with Gasteiger partial charge in [0.15, 0.2) is 11.5 Å². The predicted molar refractivity (Wildman–Crippen MR) is 134 cm³/mol. The summed E-state index contributed by atoms with van der Waals surface area (Å²) in [6.45, 7) is 2.65. The largest absolute Gasteiger partial charge is 0.469 e. The van der Waals surface area contributed by atoms with Crippen molar-refractivity contribution in [3.63, 3.8) is 0 Å². The van der Waals surface area contributed by atoms with Crippen LogP contribution < -0.4 is 20.1 Å². The Hall–Kier alpha value is -3.47. The van der Waals surface area contributed by atoms with Crippen molar-refractivity contribution in [2.75, 3.05) is 27.6 Å². The van der Waals surface area contributed by atoms with Gasteiger partial charge >= 0.3 is 18.1 Å². The van der Waals surface area contributed by atoms with Crippen molar-refractivity contribution in [3.8, 4) is 11.5 Å². The molecular formula is C25H33N3O7S. The van der Waals surface area contributed by atoms with Crippen LogP contribution in [0.3, 0.4) is 0 Å². The summed E-state index contributed by atoms with van der Waals surface area (Å²) in [6, 6.07) is 7.59. The van der Waals surface area contributed by atoms with E-state index in [2.05, 4.69) is 10.6 Å². The third kappa shape index (κ3) is 8.04. The number of hydrogen-bond donors (Lipinski definition) is 2. The average Bonchev–Trinajstić information content (AvgIpc) is 3.56. The minimum atomic E-state index is -0.654. The number of hydrogen-bond acceptors (Lipinski definition) is 8. The van der Waals surface area contributed by atoms with Gasteiger partial charge in [0.2, 0.25) is 6.79 Å². The number of rotatable bonds is 12. The molecule has 3 rings (SSSR count). The summed E-state index contributed by atoms with van der Waals surface area (Å²) in [4.78, 5) is 39.9. The highest BCUT2D eigenvalue weighted by Gasteiger charge is 2.24. The minimum Gasteiger partial charge on any atom is -0.469 e. The van der Waals surface area contributed by atoms with Gasteiger partial charge in [0.25, 0.3) is 0 Å². The molecule has 1 aliphatic rings. The number of amides is 3. The smallest absolute Gasteiger partial charge is 0.409 e. The van der Waals surface area contributed by atoms with Gasteiger partial charge in [0, 0.05) is 11.9 Å². The van der Waals surface area contributed by atoms with E-state index in [0.29, 0.717) is 30.0 Å². The number of carbonyl (C=O) groups excluding carboxylic acids is 3. The van der Waals surface area contributed by atoms with E-state index >= 15 is 0 Å². The van der Waals surface area contributed by atoms with Gasteiger partial charge < -0.3 is 34.5 Å². The lowest BCUT2D eigenvalue weighted by Gasteiger charge is -2.24. The molecular weight excluding hydrogens is 486 g/mol. The number of urea groups is 1. The van der Waals surface area contributed by atoms with Crippen LogP contribution in [0, 0.1) is 0 Å². The Morgan fingerprint density at radius 1 is 1.17 bits per heavy atom. The van der Waals surface area contributed by atoms with Crippen molar-refractivity contribution in [2.24, 2.45) is 0 Å². The Kier molecular flexibility index (Phi) is 10.2. The number of thiophene rings is 1. The third-order valence-electron chi connectivity index (χ3n) is 5.64. The van der Waals surface area contributed by atoms with Crippen molar-refractivity contribution in [1.29, 1.82) is 0 Å². The summed E-state index contributed by atoms with van der Waals surface area (Å²) >= 11 is 1.57. The Balaban J connectivity index is 1.59. The monoisotopic (exact) mass is 519 g/mol. The van der Waals surface area contributed by atoms with Crippen LogP contribution in [0.1, 0.15) is 49.1 Å².